The SMILES string of the molecule is CCNC(C)c1ccc(Sc2nnc(C)s2)cc1. The molecule has 0 saturated heterocycles. The van der Waals surface area contributed by atoms with Crippen LogP contribution in [-0.4, -0.2) is 16.7 Å². The standard InChI is InChI=1S/C13H17N3S2/c1-4-14-9(2)11-5-7-12(8-6-11)18-13-16-15-10(3)17-13/h5-9,14H,4H2,1-3H3. The van der Waals surface area contributed by atoms with E-state index in [0.717, 1.165) is 15.9 Å². The van der Waals surface area contributed by atoms with Crippen molar-refractivity contribution in [1.82, 2.24) is 15.5 Å². The smallest absolute Gasteiger partial charge is 0.179 e. The van der Waals surface area contributed by atoms with Crippen LogP contribution in [0, 0.1) is 6.92 Å². The summed E-state index contributed by atoms with van der Waals surface area (Å²) in [6.45, 7) is 7.27. The molecule has 0 radical (unpaired) electrons. The Bertz CT molecular complexity index is 493. The van der Waals surface area contributed by atoms with Crippen LogP contribution >= 0.6 is 23.1 Å². The summed E-state index contributed by atoms with van der Waals surface area (Å²) >= 11 is 3.30. The maximum Gasteiger partial charge on any atom is 0.179 e. The van der Waals surface area contributed by atoms with Crippen LogP contribution in [-0.2, 0) is 0 Å². The molecule has 1 aromatic heterocycles. The van der Waals surface area contributed by atoms with E-state index >= 15 is 0 Å². The van der Waals surface area contributed by atoms with Crippen molar-refractivity contribution in [3.63, 3.8) is 0 Å². The average molecular weight is 279 g/mol. The first-order chi connectivity index (χ1) is 8.69. The predicted molar refractivity (Wildman–Crippen MR) is 77.3 cm³/mol. The van der Waals surface area contributed by atoms with Gasteiger partial charge in [-0.15, -0.1) is 10.2 Å². The number of rotatable bonds is 5. The van der Waals surface area contributed by atoms with Gasteiger partial charge in [0.25, 0.3) is 0 Å². The van der Waals surface area contributed by atoms with Crippen LogP contribution in [0.5, 0.6) is 0 Å². The maximum absolute atomic E-state index is 4.12. The van der Waals surface area contributed by atoms with Gasteiger partial charge in [0.05, 0.1) is 0 Å². The van der Waals surface area contributed by atoms with Crippen LogP contribution in [0.1, 0.15) is 30.5 Å². The van der Waals surface area contributed by atoms with E-state index in [2.05, 4.69) is 53.6 Å². The second-order valence-corrected chi connectivity index (χ2v) is 6.54. The third-order valence-corrected chi connectivity index (χ3v) is 4.50. The monoisotopic (exact) mass is 279 g/mol. The van der Waals surface area contributed by atoms with Gasteiger partial charge in [0.15, 0.2) is 4.34 Å². The van der Waals surface area contributed by atoms with Crippen molar-refractivity contribution < 1.29 is 0 Å². The molecule has 5 heteroatoms. The summed E-state index contributed by atoms with van der Waals surface area (Å²) in [5.41, 5.74) is 1.31. The second kappa shape index (κ2) is 6.31. The van der Waals surface area contributed by atoms with Gasteiger partial charge in [0.1, 0.15) is 5.01 Å². The molecule has 1 aromatic carbocycles. The first-order valence-corrected chi connectivity index (χ1v) is 7.63. The van der Waals surface area contributed by atoms with E-state index < -0.39 is 0 Å². The normalized spacial score (nSPS) is 12.6. The van der Waals surface area contributed by atoms with Crippen LogP contribution < -0.4 is 5.32 Å². The molecule has 0 bridgehead atoms. The fraction of sp³-hybridized carbons (Fsp3) is 0.385. The lowest BCUT2D eigenvalue weighted by Gasteiger charge is -2.12. The molecule has 0 amide bonds. The van der Waals surface area contributed by atoms with Crippen LogP contribution in [0.15, 0.2) is 33.5 Å². The van der Waals surface area contributed by atoms with Crippen LogP contribution in [0.25, 0.3) is 0 Å². The van der Waals surface area contributed by atoms with E-state index in [4.69, 9.17) is 0 Å². The molecule has 0 saturated carbocycles. The fourth-order valence-corrected chi connectivity index (χ4v) is 3.46. The summed E-state index contributed by atoms with van der Waals surface area (Å²) in [4.78, 5) is 1.21. The van der Waals surface area contributed by atoms with E-state index in [1.807, 2.05) is 6.92 Å². The summed E-state index contributed by atoms with van der Waals surface area (Å²) in [5.74, 6) is 0. The molecule has 1 heterocycles. The lowest BCUT2D eigenvalue weighted by Crippen LogP contribution is -2.17. The first kappa shape index (κ1) is 13.5. The first-order valence-electron chi connectivity index (χ1n) is 6.00. The lowest BCUT2D eigenvalue weighted by molar-refractivity contribution is 0.598. The predicted octanol–water partition coefficient (Wildman–Crippen LogP) is 3.67. The zero-order chi connectivity index (χ0) is 13.0. The highest BCUT2D eigenvalue weighted by atomic mass is 32.2. The van der Waals surface area contributed by atoms with E-state index in [1.54, 1.807) is 23.1 Å². The zero-order valence-electron chi connectivity index (χ0n) is 10.8. The molecule has 0 fully saturated rings. The third-order valence-electron chi connectivity index (χ3n) is 2.60. The molecule has 1 N–H and O–H groups in total. The minimum absolute atomic E-state index is 0.401. The average Bonchev–Trinajstić information content (AvgIpc) is 2.76. The number of nitrogens with zero attached hydrogens (tertiary/aromatic N) is 2. The summed E-state index contributed by atoms with van der Waals surface area (Å²) in [5, 5.41) is 12.6. The van der Waals surface area contributed by atoms with Gasteiger partial charge in [-0.1, -0.05) is 42.2 Å². The molecule has 1 unspecified atom stereocenters. The highest BCUT2D eigenvalue weighted by molar-refractivity contribution is 8.01. The highest BCUT2D eigenvalue weighted by Crippen LogP contribution is 2.30. The molecule has 2 rings (SSSR count). The molecule has 0 aliphatic carbocycles. The van der Waals surface area contributed by atoms with Crippen LogP contribution in [0.4, 0.5) is 0 Å². The van der Waals surface area contributed by atoms with Crippen molar-refractivity contribution in [2.24, 2.45) is 0 Å². The highest BCUT2D eigenvalue weighted by Gasteiger charge is 2.06. The van der Waals surface area contributed by atoms with E-state index in [1.165, 1.54) is 10.5 Å². The van der Waals surface area contributed by atoms with Gasteiger partial charge in [-0.05, 0) is 38.1 Å². The van der Waals surface area contributed by atoms with Gasteiger partial charge in [0.2, 0.25) is 0 Å². The zero-order valence-corrected chi connectivity index (χ0v) is 12.4. The number of nitrogens with one attached hydrogen (secondary N) is 1. The van der Waals surface area contributed by atoms with Crippen molar-refractivity contribution in [1.29, 1.82) is 0 Å². The number of hydrogen-bond donors (Lipinski definition) is 1. The maximum atomic E-state index is 4.12. The Hall–Kier alpha value is -0.910. The number of benzene rings is 1. The van der Waals surface area contributed by atoms with Gasteiger partial charge in [-0.25, -0.2) is 0 Å². The minimum atomic E-state index is 0.401. The summed E-state index contributed by atoms with van der Waals surface area (Å²) in [6.07, 6.45) is 0. The molecule has 18 heavy (non-hydrogen) atoms. The second-order valence-electron chi connectivity index (χ2n) is 4.04. The molecule has 96 valence electrons. The number of aryl methyl sites for hydroxylation is 1. The van der Waals surface area contributed by atoms with E-state index in [9.17, 15) is 0 Å². The van der Waals surface area contributed by atoms with E-state index in [0.29, 0.717) is 6.04 Å². The summed E-state index contributed by atoms with van der Waals surface area (Å²) in [6, 6.07) is 9.03. The largest absolute Gasteiger partial charge is 0.310 e. The van der Waals surface area contributed by atoms with Gasteiger partial charge >= 0.3 is 0 Å². The lowest BCUT2D eigenvalue weighted by atomic mass is 10.1. The Labute approximate surface area is 116 Å². The van der Waals surface area contributed by atoms with Crippen molar-refractivity contribution >= 4 is 23.1 Å². The van der Waals surface area contributed by atoms with Crippen LogP contribution in [0.3, 0.4) is 0 Å². The molecule has 1 atom stereocenters. The van der Waals surface area contributed by atoms with Gasteiger partial charge in [-0.2, -0.15) is 0 Å². The Balaban J connectivity index is 2.03. The Morgan fingerprint density at radius 1 is 1.28 bits per heavy atom. The van der Waals surface area contributed by atoms with Crippen molar-refractivity contribution in [3.8, 4) is 0 Å². The Morgan fingerprint density at radius 3 is 2.56 bits per heavy atom. The van der Waals surface area contributed by atoms with Crippen molar-refractivity contribution in [3.05, 3.63) is 34.8 Å². The van der Waals surface area contributed by atoms with Gasteiger partial charge in [0, 0.05) is 10.9 Å². The molecule has 0 spiro atoms. The molecular formula is C13H17N3S2. The number of hydrogen-bond acceptors (Lipinski definition) is 5. The van der Waals surface area contributed by atoms with Gasteiger partial charge < -0.3 is 5.32 Å². The topological polar surface area (TPSA) is 37.8 Å². The molecule has 3 nitrogen and oxygen atoms in total. The molecule has 2 aromatic rings. The fourth-order valence-electron chi connectivity index (χ4n) is 1.67. The van der Waals surface area contributed by atoms with E-state index in [-0.39, 0.29) is 0 Å². The third kappa shape index (κ3) is 3.54. The molecule has 0 aliphatic rings. The van der Waals surface area contributed by atoms with Crippen molar-refractivity contribution in [2.45, 2.75) is 36.0 Å². The summed E-state index contributed by atoms with van der Waals surface area (Å²) in [7, 11) is 0. The molecule has 0 aliphatic heterocycles. The van der Waals surface area contributed by atoms with Crippen LogP contribution in [0.2, 0.25) is 0 Å². The van der Waals surface area contributed by atoms with Gasteiger partial charge in [-0.3, -0.25) is 0 Å². The molecular weight excluding hydrogens is 262 g/mol. The quantitative estimate of drug-likeness (QED) is 0.906. The minimum Gasteiger partial charge on any atom is -0.310 e. The number of aromatic nitrogens is 2. The Morgan fingerprint density at radius 2 is 2.00 bits per heavy atom. The van der Waals surface area contributed by atoms with Crippen molar-refractivity contribution in [2.75, 3.05) is 6.54 Å². The summed E-state index contributed by atoms with van der Waals surface area (Å²) < 4.78 is 1.000. The Kier molecular flexibility index (Phi) is 4.74.